The highest BCUT2D eigenvalue weighted by molar-refractivity contribution is 6.06. The molecule has 0 aliphatic carbocycles. The van der Waals surface area contributed by atoms with Gasteiger partial charge in [-0.05, 0) is 48.0 Å². The topological polar surface area (TPSA) is 44.8 Å². The Morgan fingerprint density at radius 3 is 1.86 bits per heavy atom. The van der Waals surface area contributed by atoms with Crippen molar-refractivity contribution >= 4 is 11.9 Å². The van der Waals surface area contributed by atoms with E-state index in [9.17, 15) is 4.79 Å². The quantitative estimate of drug-likeness (QED) is 0.603. The smallest absolute Gasteiger partial charge is 0.185 e. The molecule has 4 nitrogen and oxygen atoms in total. The number of ether oxygens (including phenoxy) is 3. The fourth-order valence-corrected chi connectivity index (χ4v) is 1.95. The minimum atomic E-state index is -0.0792. The van der Waals surface area contributed by atoms with Gasteiger partial charge in [0.15, 0.2) is 5.78 Å². The van der Waals surface area contributed by atoms with Gasteiger partial charge >= 0.3 is 0 Å². The zero-order chi connectivity index (χ0) is 15.9. The minimum Gasteiger partial charge on any atom is -0.497 e. The fraction of sp³-hybridized carbons (Fsp3) is 0.167. The summed E-state index contributed by atoms with van der Waals surface area (Å²) < 4.78 is 15.5. The van der Waals surface area contributed by atoms with Crippen molar-refractivity contribution in [2.24, 2.45) is 0 Å². The molecule has 4 heteroatoms. The molecule has 0 saturated heterocycles. The Balaban J connectivity index is 2.17. The van der Waals surface area contributed by atoms with E-state index in [4.69, 9.17) is 14.2 Å². The van der Waals surface area contributed by atoms with Gasteiger partial charge in [0.25, 0.3) is 0 Å². The molecule has 0 aromatic heterocycles. The molecule has 114 valence electrons. The first-order valence-electron chi connectivity index (χ1n) is 6.76. The Kier molecular flexibility index (Phi) is 5.20. The van der Waals surface area contributed by atoms with Crippen molar-refractivity contribution in [3.05, 3.63) is 59.7 Å². The summed E-state index contributed by atoms with van der Waals surface area (Å²) in [4.78, 5) is 12.1. The van der Waals surface area contributed by atoms with Crippen LogP contribution in [-0.4, -0.2) is 27.1 Å². The Morgan fingerprint density at radius 2 is 1.36 bits per heavy atom. The number of hydrogen-bond donors (Lipinski definition) is 0. The van der Waals surface area contributed by atoms with Crippen molar-refractivity contribution in [3.8, 4) is 17.2 Å². The van der Waals surface area contributed by atoms with Crippen molar-refractivity contribution in [1.29, 1.82) is 0 Å². The highest BCUT2D eigenvalue weighted by Gasteiger charge is 2.03. The van der Waals surface area contributed by atoms with Crippen molar-refractivity contribution in [3.63, 3.8) is 0 Å². The summed E-state index contributed by atoms with van der Waals surface area (Å²) in [5, 5.41) is 0. The Hall–Kier alpha value is -2.75. The molecule has 22 heavy (non-hydrogen) atoms. The Bertz CT molecular complexity index is 650. The number of rotatable bonds is 6. The van der Waals surface area contributed by atoms with E-state index in [1.54, 1.807) is 57.7 Å². The van der Waals surface area contributed by atoms with Gasteiger partial charge in [0.1, 0.15) is 17.2 Å². The van der Waals surface area contributed by atoms with Gasteiger partial charge < -0.3 is 14.2 Å². The van der Waals surface area contributed by atoms with Crippen molar-refractivity contribution in [1.82, 2.24) is 0 Å². The Morgan fingerprint density at radius 1 is 0.818 bits per heavy atom. The van der Waals surface area contributed by atoms with Crippen LogP contribution < -0.4 is 14.2 Å². The van der Waals surface area contributed by atoms with Crippen LogP contribution in [0.3, 0.4) is 0 Å². The molecule has 0 heterocycles. The lowest BCUT2D eigenvalue weighted by Gasteiger charge is -2.05. The number of carbonyl (C=O) groups is 1. The number of ketones is 1. The average Bonchev–Trinajstić information content (AvgIpc) is 2.59. The van der Waals surface area contributed by atoms with E-state index < -0.39 is 0 Å². The van der Waals surface area contributed by atoms with Gasteiger partial charge in [-0.25, -0.2) is 0 Å². The number of allylic oxidation sites excluding steroid dienone is 1. The summed E-state index contributed by atoms with van der Waals surface area (Å²) in [6.45, 7) is 0. The molecule has 0 bridgehead atoms. The average molecular weight is 298 g/mol. The summed E-state index contributed by atoms with van der Waals surface area (Å²) in [7, 11) is 4.77. The summed E-state index contributed by atoms with van der Waals surface area (Å²) in [6.07, 6.45) is 3.26. The monoisotopic (exact) mass is 298 g/mol. The Labute approximate surface area is 129 Å². The molecule has 0 spiro atoms. The number of methoxy groups -OCH3 is 3. The summed E-state index contributed by atoms with van der Waals surface area (Å²) >= 11 is 0. The first kappa shape index (κ1) is 15.6. The molecule has 0 atom stereocenters. The lowest BCUT2D eigenvalue weighted by molar-refractivity contribution is 0.104. The molecule has 2 rings (SSSR count). The zero-order valence-electron chi connectivity index (χ0n) is 12.8. The van der Waals surface area contributed by atoms with Crippen LogP contribution in [0, 0.1) is 0 Å². The second kappa shape index (κ2) is 7.31. The molecule has 0 aliphatic heterocycles. The molecule has 2 aromatic rings. The lowest BCUT2D eigenvalue weighted by Crippen LogP contribution is -1.94. The van der Waals surface area contributed by atoms with Crippen LogP contribution in [0.1, 0.15) is 15.9 Å². The van der Waals surface area contributed by atoms with E-state index in [0.717, 1.165) is 11.3 Å². The van der Waals surface area contributed by atoms with Crippen molar-refractivity contribution in [2.45, 2.75) is 0 Å². The van der Waals surface area contributed by atoms with Crippen LogP contribution in [-0.2, 0) is 0 Å². The summed E-state index contributed by atoms with van der Waals surface area (Å²) in [5.74, 6) is 1.99. The predicted octanol–water partition coefficient (Wildman–Crippen LogP) is 3.61. The van der Waals surface area contributed by atoms with Gasteiger partial charge in [-0.2, -0.15) is 0 Å². The van der Waals surface area contributed by atoms with Gasteiger partial charge in [0.05, 0.1) is 21.3 Å². The number of carbonyl (C=O) groups excluding carboxylic acids is 1. The molecule has 0 unspecified atom stereocenters. The van der Waals surface area contributed by atoms with E-state index in [1.165, 1.54) is 6.08 Å². The third-order valence-corrected chi connectivity index (χ3v) is 3.18. The van der Waals surface area contributed by atoms with E-state index in [2.05, 4.69) is 0 Å². The maximum absolute atomic E-state index is 12.1. The first-order chi connectivity index (χ1) is 10.7. The van der Waals surface area contributed by atoms with Crippen LogP contribution >= 0.6 is 0 Å². The normalized spacial score (nSPS) is 10.5. The number of benzene rings is 2. The molecule has 0 N–H and O–H groups in total. The fourth-order valence-electron chi connectivity index (χ4n) is 1.95. The highest BCUT2D eigenvalue weighted by Crippen LogP contribution is 2.23. The molecule has 0 amide bonds. The second-order valence-corrected chi connectivity index (χ2v) is 4.57. The standard InChI is InChI=1S/C18H18O4/c1-20-15-7-5-14(6-8-15)18(19)9-4-13-10-16(21-2)12-17(11-13)22-3/h4-12H,1-3H3. The third-order valence-electron chi connectivity index (χ3n) is 3.18. The van der Waals surface area contributed by atoms with Crippen molar-refractivity contribution < 1.29 is 19.0 Å². The highest BCUT2D eigenvalue weighted by atomic mass is 16.5. The SMILES string of the molecule is COc1ccc(C(=O)C=Cc2cc(OC)cc(OC)c2)cc1. The predicted molar refractivity (Wildman–Crippen MR) is 85.9 cm³/mol. The molecule has 0 radical (unpaired) electrons. The van der Waals surface area contributed by atoms with Gasteiger partial charge in [-0.15, -0.1) is 0 Å². The van der Waals surface area contributed by atoms with E-state index in [1.807, 2.05) is 12.1 Å². The minimum absolute atomic E-state index is 0.0792. The van der Waals surface area contributed by atoms with Crippen LogP contribution in [0.2, 0.25) is 0 Å². The van der Waals surface area contributed by atoms with Crippen LogP contribution in [0.4, 0.5) is 0 Å². The second-order valence-electron chi connectivity index (χ2n) is 4.57. The first-order valence-corrected chi connectivity index (χ1v) is 6.76. The molecule has 0 saturated carbocycles. The van der Waals surface area contributed by atoms with Crippen LogP contribution in [0.25, 0.3) is 6.08 Å². The van der Waals surface area contributed by atoms with Crippen molar-refractivity contribution in [2.75, 3.05) is 21.3 Å². The largest absolute Gasteiger partial charge is 0.497 e. The molecular weight excluding hydrogens is 280 g/mol. The van der Waals surface area contributed by atoms with Crippen LogP contribution in [0.5, 0.6) is 17.2 Å². The van der Waals surface area contributed by atoms with Crippen LogP contribution in [0.15, 0.2) is 48.5 Å². The molecule has 0 aliphatic rings. The summed E-state index contributed by atoms with van der Waals surface area (Å²) in [5.41, 5.74) is 1.44. The summed E-state index contributed by atoms with van der Waals surface area (Å²) in [6, 6.07) is 12.4. The van der Waals surface area contributed by atoms with Gasteiger partial charge in [0.2, 0.25) is 0 Å². The maximum atomic E-state index is 12.1. The van der Waals surface area contributed by atoms with E-state index in [0.29, 0.717) is 17.1 Å². The molecule has 2 aromatic carbocycles. The molecular formula is C18H18O4. The molecule has 0 fully saturated rings. The van der Waals surface area contributed by atoms with Gasteiger partial charge in [0, 0.05) is 11.6 Å². The number of hydrogen-bond acceptors (Lipinski definition) is 4. The van der Waals surface area contributed by atoms with E-state index >= 15 is 0 Å². The maximum Gasteiger partial charge on any atom is 0.185 e. The van der Waals surface area contributed by atoms with Gasteiger partial charge in [-0.3, -0.25) is 4.79 Å². The van der Waals surface area contributed by atoms with Gasteiger partial charge in [-0.1, -0.05) is 6.08 Å². The van der Waals surface area contributed by atoms with E-state index in [-0.39, 0.29) is 5.78 Å². The lowest BCUT2D eigenvalue weighted by atomic mass is 10.1. The zero-order valence-corrected chi connectivity index (χ0v) is 12.8. The third kappa shape index (κ3) is 3.88.